The van der Waals surface area contributed by atoms with E-state index in [9.17, 15) is 9.59 Å². The van der Waals surface area contributed by atoms with E-state index < -0.39 is 11.2 Å². The van der Waals surface area contributed by atoms with Gasteiger partial charge < -0.3 is 16.0 Å². The Morgan fingerprint density at radius 1 is 1.33 bits per heavy atom. The third kappa shape index (κ3) is 4.63. The Kier molecular flexibility index (Phi) is 6.02. The summed E-state index contributed by atoms with van der Waals surface area (Å²) in [6, 6.07) is 0.0891. The number of anilines is 2. The van der Waals surface area contributed by atoms with Crippen LogP contribution in [0.5, 0.6) is 0 Å². The maximum absolute atomic E-state index is 12.0. The molecule has 0 aliphatic rings. The third-order valence-corrected chi connectivity index (χ3v) is 3.25. The standard InChI is InChI=1S/C14H27N5O2/c1-6-19-12(15)11(13(20)17-14(19)21)16-10(7-9(2)3)8-18(4)5/h9-10,16H,6-8,15H2,1-5H3,(H,17,20,21). The Labute approximate surface area is 125 Å². The Bertz CT molecular complexity index is 564. The maximum Gasteiger partial charge on any atom is 0.330 e. The van der Waals surface area contributed by atoms with Gasteiger partial charge in [0.2, 0.25) is 0 Å². The molecule has 7 nitrogen and oxygen atoms in total. The highest BCUT2D eigenvalue weighted by Gasteiger charge is 2.17. The summed E-state index contributed by atoms with van der Waals surface area (Å²) in [6.07, 6.45) is 0.905. The highest BCUT2D eigenvalue weighted by molar-refractivity contribution is 5.60. The fourth-order valence-electron chi connectivity index (χ4n) is 2.43. The predicted molar refractivity (Wildman–Crippen MR) is 86.8 cm³/mol. The minimum absolute atomic E-state index is 0.0891. The highest BCUT2D eigenvalue weighted by Crippen LogP contribution is 2.15. The zero-order valence-electron chi connectivity index (χ0n) is 13.6. The van der Waals surface area contributed by atoms with Gasteiger partial charge in [-0.25, -0.2) is 4.79 Å². The molecular weight excluding hydrogens is 270 g/mol. The van der Waals surface area contributed by atoms with Crippen LogP contribution in [0.2, 0.25) is 0 Å². The fourth-order valence-corrected chi connectivity index (χ4v) is 2.43. The van der Waals surface area contributed by atoms with E-state index in [1.807, 2.05) is 21.0 Å². The van der Waals surface area contributed by atoms with Gasteiger partial charge in [-0.05, 0) is 33.4 Å². The van der Waals surface area contributed by atoms with Gasteiger partial charge in [0.1, 0.15) is 11.5 Å². The number of nitrogens with one attached hydrogen (secondary N) is 2. The fraction of sp³-hybridized carbons (Fsp3) is 0.714. The van der Waals surface area contributed by atoms with Crippen molar-refractivity contribution >= 4 is 11.5 Å². The van der Waals surface area contributed by atoms with Crippen LogP contribution in [0.1, 0.15) is 27.2 Å². The number of nitrogen functional groups attached to an aromatic ring is 1. The smallest absolute Gasteiger partial charge is 0.330 e. The molecule has 120 valence electrons. The summed E-state index contributed by atoms with van der Waals surface area (Å²) in [5.41, 5.74) is 5.32. The summed E-state index contributed by atoms with van der Waals surface area (Å²) in [5.74, 6) is 0.679. The maximum atomic E-state index is 12.0. The molecule has 0 aliphatic heterocycles. The lowest BCUT2D eigenvalue weighted by molar-refractivity contribution is 0.356. The van der Waals surface area contributed by atoms with Crippen molar-refractivity contribution in [1.29, 1.82) is 0 Å². The molecular formula is C14H27N5O2. The van der Waals surface area contributed by atoms with E-state index in [1.165, 1.54) is 4.57 Å². The van der Waals surface area contributed by atoms with E-state index in [1.54, 1.807) is 0 Å². The molecule has 0 aromatic carbocycles. The number of likely N-dealkylation sites (N-methyl/N-ethyl adjacent to an activating group) is 1. The lowest BCUT2D eigenvalue weighted by atomic mass is 10.0. The summed E-state index contributed by atoms with van der Waals surface area (Å²) >= 11 is 0. The van der Waals surface area contributed by atoms with Crippen molar-refractivity contribution in [3.05, 3.63) is 20.8 Å². The molecule has 1 rings (SSSR count). The monoisotopic (exact) mass is 297 g/mol. The molecule has 0 amide bonds. The number of aromatic nitrogens is 2. The second kappa shape index (κ2) is 7.31. The van der Waals surface area contributed by atoms with Crippen molar-refractivity contribution in [2.45, 2.75) is 39.8 Å². The number of rotatable bonds is 7. The van der Waals surface area contributed by atoms with E-state index in [-0.39, 0.29) is 17.5 Å². The average Bonchev–Trinajstić information content (AvgIpc) is 2.33. The van der Waals surface area contributed by atoms with Gasteiger partial charge >= 0.3 is 5.69 Å². The van der Waals surface area contributed by atoms with Crippen molar-refractivity contribution < 1.29 is 0 Å². The molecule has 0 fully saturated rings. The second-order valence-corrected chi connectivity index (χ2v) is 6.00. The molecule has 1 unspecified atom stereocenters. The van der Waals surface area contributed by atoms with E-state index in [4.69, 9.17) is 5.73 Å². The first-order valence-corrected chi connectivity index (χ1v) is 7.30. The molecule has 1 aromatic rings. The molecule has 21 heavy (non-hydrogen) atoms. The quantitative estimate of drug-likeness (QED) is 0.682. The van der Waals surface area contributed by atoms with Crippen molar-refractivity contribution in [3.63, 3.8) is 0 Å². The van der Waals surface area contributed by atoms with Crippen molar-refractivity contribution in [3.8, 4) is 0 Å². The van der Waals surface area contributed by atoms with Gasteiger partial charge in [-0.2, -0.15) is 0 Å². The molecule has 4 N–H and O–H groups in total. The van der Waals surface area contributed by atoms with Crippen LogP contribution in [0, 0.1) is 5.92 Å². The van der Waals surface area contributed by atoms with Crippen molar-refractivity contribution in [1.82, 2.24) is 14.5 Å². The predicted octanol–water partition coefficient (Wildman–Crippen LogP) is 0.527. The minimum atomic E-state index is -0.474. The normalized spacial score (nSPS) is 12.9. The largest absolute Gasteiger partial charge is 0.383 e. The summed E-state index contributed by atoms with van der Waals surface area (Å²) < 4.78 is 1.35. The van der Waals surface area contributed by atoms with Gasteiger partial charge in [0.15, 0.2) is 0 Å². The Morgan fingerprint density at radius 2 is 1.95 bits per heavy atom. The third-order valence-electron chi connectivity index (χ3n) is 3.25. The highest BCUT2D eigenvalue weighted by atomic mass is 16.2. The molecule has 7 heteroatoms. The molecule has 0 spiro atoms. The Morgan fingerprint density at radius 3 is 2.43 bits per heavy atom. The van der Waals surface area contributed by atoms with Gasteiger partial charge in [-0.15, -0.1) is 0 Å². The van der Waals surface area contributed by atoms with Crippen LogP contribution < -0.4 is 22.3 Å². The van der Waals surface area contributed by atoms with E-state index in [0.29, 0.717) is 12.5 Å². The van der Waals surface area contributed by atoms with Crippen LogP contribution in [0.3, 0.4) is 0 Å². The van der Waals surface area contributed by atoms with Gasteiger partial charge in [0.05, 0.1) is 0 Å². The van der Waals surface area contributed by atoms with Gasteiger partial charge in [0.25, 0.3) is 5.56 Å². The van der Waals surface area contributed by atoms with Crippen LogP contribution in [0.15, 0.2) is 9.59 Å². The number of nitrogens with zero attached hydrogens (tertiary/aromatic N) is 2. The van der Waals surface area contributed by atoms with Crippen LogP contribution in [0.25, 0.3) is 0 Å². The van der Waals surface area contributed by atoms with E-state index >= 15 is 0 Å². The molecule has 0 saturated heterocycles. The Balaban J connectivity index is 3.14. The topological polar surface area (TPSA) is 96.2 Å². The summed E-state index contributed by atoms with van der Waals surface area (Å²) in [4.78, 5) is 28.1. The number of nitrogens with two attached hydrogens (primary N) is 1. The molecule has 0 bridgehead atoms. The zero-order chi connectivity index (χ0) is 16.2. The molecule has 1 aromatic heterocycles. The van der Waals surface area contributed by atoms with Crippen LogP contribution >= 0.6 is 0 Å². The molecule has 1 heterocycles. The number of H-pyrrole nitrogens is 1. The SMILES string of the molecule is CCn1c(N)c(NC(CC(C)C)CN(C)C)c(=O)[nH]c1=O. The van der Waals surface area contributed by atoms with Crippen LogP contribution in [0.4, 0.5) is 11.5 Å². The summed E-state index contributed by atoms with van der Waals surface area (Å²) in [6.45, 7) is 7.27. The van der Waals surface area contributed by atoms with Crippen LogP contribution in [-0.2, 0) is 6.54 Å². The Hall–Kier alpha value is -1.76. The van der Waals surface area contributed by atoms with Gasteiger partial charge in [-0.3, -0.25) is 14.3 Å². The van der Waals surface area contributed by atoms with E-state index in [2.05, 4.69) is 29.0 Å². The second-order valence-electron chi connectivity index (χ2n) is 6.00. The molecule has 0 saturated carbocycles. The number of hydrogen-bond donors (Lipinski definition) is 3. The first-order valence-electron chi connectivity index (χ1n) is 7.30. The molecule has 0 radical (unpaired) electrons. The lowest BCUT2D eigenvalue weighted by Gasteiger charge is -2.25. The van der Waals surface area contributed by atoms with Crippen molar-refractivity contribution in [2.75, 3.05) is 31.7 Å². The first-order chi connectivity index (χ1) is 9.76. The summed E-state index contributed by atoms with van der Waals surface area (Å²) in [5, 5.41) is 3.21. The zero-order valence-corrected chi connectivity index (χ0v) is 13.6. The number of aromatic amines is 1. The first kappa shape index (κ1) is 17.3. The number of hydrogen-bond acceptors (Lipinski definition) is 5. The molecule has 0 aliphatic carbocycles. The van der Waals surface area contributed by atoms with Crippen molar-refractivity contribution in [2.24, 2.45) is 5.92 Å². The average molecular weight is 297 g/mol. The molecule has 1 atom stereocenters. The van der Waals surface area contributed by atoms with Crippen LogP contribution in [-0.4, -0.2) is 41.1 Å². The lowest BCUT2D eigenvalue weighted by Crippen LogP contribution is -2.39. The van der Waals surface area contributed by atoms with Gasteiger partial charge in [-0.1, -0.05) is 13.8 Å². The van der Waals surface area contributed by atoms with E-state index in [0.717, 1.165) is 13.0 Å². The summed E-state index contributed by atoms with van der Waals surface area (Å²) in [7, 11) is 3.96. The van der Waals surface area contributed by atoms with Gasteiger partial charge in [0, 0.05) is 19.1 Å². The minimum Gasteiger partial charge on any atom is -0.383 e.